The lowest BCUT2D eigenvalue weighted by Crippen LogP contribution is -2.31. The number of carbonyl (C=O) groups is 1. The molecule has 1 aliphatic rings. The molecule has 1 aliphatic heterocycles. The van der Waals surface area contributed by atoms with Crippen molar-refractivity contribution < 1.29 is 9.53 Å². The predicted octanol–water partition coefficient (Wildman–Crippen LogP) is 1.99. The molecular formula is C16H19N3O3S. The number of hydrogen-bond acceptors (Lipinski definition) is 4. The van der Waals surface area contributed by atoms with Crippen molar-refractivity contribution in [1.29, 1.82) is 0 Å². The molecule has 23 heavy (non-hydrogen) atoms. The Morgan fingerprint density at radius 2 is 2.35 bits per heavy atom. The highest BCUT2D eigenvalue weighted by molar-refractivity contribution is 7.71. The number of benzene rings is 1. The van der Waals surface area contributed by atoms with Crippen LogP contribution in [0.15, 0.2) is 23.0 Å². The minimum absolute atomic E-state index is 0.0990. The fraction of sp³-hybridized carbons (Fsp3) is 0.438. The van der Waals surface area contributed by atoms with Crippen LogP contribution in [-0.2, 0) is 11.3 Å². The number of hydrogen-bond donors (Lipinski definition) is 2. The Labute approximate surface area is 138 Å². The number of aromatic nitrogens is 2. The van der Waals surface area contributed by atoms with Gasteiger partial charge in [-0.1, -0.05) is 0 Å². The van der Waals surface area contributed by atoms with Crippen molar-refractivity contribution in [3.8, 4) is 0 Å². The summed E-state index contributed by atoms with van der Waals surface area (Å²) in [6.07, 6.45) is 2.11. The third-order valence-electron chi connectivity index (χ3n) is 4.07. The first-order valence-corrected chi connectivity index (χ1v) is 8.17. The smallest absolute Gasteiger partial charge is 0.262 e. The summed E-state index contributed by atoms with van der Waals surface area (Å²) in [6.45, 7) is 3.64. The molecule has 122 valence electrons. The molecule has 2 aromatic rings. The van der Waals surface area contributed by atoms with Crippen molar-refractivity contribution in [2.45, 2.75) is 32.4 Å². The largest absolute Gasteiger partial charge is 0.376 e. The van der Waals surface area contributed by atoms with Gasteiger partial charge in [-0.15, -0.1) is 0 Å². The van der Waals surface area contributed by atoms with Gasteiger partial charge in [0.25, 0.3) is 11.5 Å². The first kappa shape index (κ1) is 15.9. The van der Waals surface area contributed by atoms with Gasteiger partial charge in [0.05, 0.1) is 17.0 Å². The van der Waals surface area contributed by atoms with E-state index in [9.17, 15) is 9.59 Å². The van der Waals surface area contributed by atoms with Crippen molar-refractivity contribution in [3.63, 3.8) is 0 Å². The van der Waals surface area contributed by atoms with Gasteiger partial charge in [0.15, 0.2) is 4.77 Å². The van der Waals surface area contributed by atoms with E-state index >= 15 is 0 Å². The summed E-state index contributed by atoms with van der Waals surface area (Å²) in [5, 5.41) is 3.39. The van der Waals surface area contributed by atoms with E-state index < -0.39 is 0 Å². The van der Waals surface area contributed by atoms with Crippen molar-refractivity contribution in [2.75, 3.05) is 13.2 Å². The summed E-state index contributed by atoms with van der Waals surface area (Å²) < 4.78 is 7.35. The lowest BCUT2D eigenvalue weighted by Gasteiger charge is -2.11. The molecule has 6 nitrogen and oxygen atoms in total. The van der Waals surface area contributed by atoms with Gasteiger partial charge in [0, 0.05) is 25.3 Å². The molecule has 0 unspecified atom stereocenters. The van der Waals surface area contributed by atoms with E-state index in [4.69, 9.17) is 17.0 Å². The second kappa shape index (κ2) is 6.64. The molecule has 1 saturated heterocycles. The van der Waals surface area contributed by atoms with Crippen LogP contribution in [0.5, 0.6) is 0 Å². The number of H-pyrrole nitrogens is 1. The van der Waals surface area contributed by atoms with Gasteiger partial charge in [0.1, 0.15) is 0 Å². The number of carbonyl (C=O) groups excluding carboxylic acids is 1. The summed E-state index contributed by atoms with van der Waals surface area (Å²) in [6, 6.07) is 4.99. The monoisotopic (exact) mass is 333 g/mol. The molecule has 2 N–H and O–H groups in total. The maximum atomic E-state index is 12.3. The zero-order valence-electron chi connectivity index (χ0n) is 12.9. The first-order valence-electron chi connectivity index (χ1n) is 7.77. The van der Waals surface area contributed by atoms with E-state index in [1.54, 1.807) is 18.2 Å². The van der Waals surface area contributed by atoms with Crippen LogP contribution in [0.1, 0.15) is 30.1 Å². The third-order valence-corrected chi connectivity index (χ3v) is 4.40. The molecule has 1 aromatic heterocycles. The Bertz CT molecular complexity index is 850. The second-order valence-electron chi connectivity index (χ2n) is 5.58. The fourth-order valence-corrected chi connectivity index (χ4v) is 3.12. The molecule has 3 rings (SSSR count). The fourth-order valence-electron chi connectivity index (χ4n) is 2.80. The van der Waals surface area contributed by atoms with Crippen LogP contribution in [-0.4, -0.2) is 34.7 Å². The lowest BCUT2D eigenvalue weighted by atomic mass is 10.1. The standard InChI is InChI=1S/C16H19N3O3S/c1-2-19-15(21)12-6-5-10(8-13(12)18-16(19)23)14(20)17-9-11-4-3-7-22-11/h5-6,8,11H,2-4,7,9H2,1H3,(H,17,20)(H,18,23)/t11-/m1/s1. The average molecular weight is 333 g/mol. The van der Waals surface area contributed by atoms with E-state index in [2.05, 4.69) is 10.3 Å². The van der Waals surface area contributed by atoms with Crippen LogP contribution < -0.4 is 10.9 Å². The van der Waals surface area contributed by atoms with Crippen molar-refractivity contribution in [2.24, 2.45) is 0 Å². The molecular weight excluding hydrogens is 314 g/mol. The molecule has 1 aromatic carbocycles. The second-order valence-corrected chi connectivity index (χ2v) is 5.97. The van der Waals surface area contributed by atoms with Crippen LogP contribution in [0.3, 0.4) is 0 Å². The number of fused-ring (bicyclic) bond motifs is 1. The zero-order chi connectivity index (χ0) is 16.4. The quantitative estimate of drug-likeness (QED) is 0.839. The summed E-state index contributed by atoms with van der Waals surface area (Å²) in [4.78, 5) is 27.6. The first-order chi connectivity index (χ1) is 11.1. The van der Waals surface area contributed by atoms with Gasteiger partial charge in [-0.3, -0.25) is 14.2 Å². The van der Waals surface area contributed by atoms with Gasteiger partial charge in [-0.25, -0.2) is 0 Å². The van der Waals surface area contributed by atoms with Gasteiger partial charge >= 0.3 is 0 Å². The summed E-state index contributed by atoms with van der Waals surface area (Å²) >= 11 is 5.19. The Kier molecular flexibility index (Phi) is 4.58. The van der Waals surface area contributed by atoms with E-state index in [0.29, 0.717) is 34.3 Å². The number of amides is 1. The molecule has 1 atom stereocenters. The third kappa shape index (κ3) is 3.20. The van der Waals surface area contributed by atoms with Gasteiger partial charge < -0.3 is 15.0 Å². The number of nitrogens with zero attached hydrogens (tertiary/aromatic N) is 1. The molecule has 0 radical (unpaired) electrons. The molecule has 0 spiro atoms. The highest BCUT2D eigenvalue weighted by Crippen LogP contribution is 2.13. The zero-order valence-corrected chi connectivity index (χ0v) is 13.7. The maximum Gasteiger partial charge on any atom is 0.262 e. The van der Waals surface area contributed by atoms with Gasteiger partial charge in [-0.2, -0.15) is 0 Å². The van der Waals surface area contributed by atoms with Crippen LogP contribution in [0, 0.1) is 4.77 Å². The summed E-state index contributed by atoms with van der Waals surface area (Å²) in [7, 11) is 0. The van der Waals surface area contributed by atoms with Gasteiger partial charge in [-0.05, 0) is 50.2 Å². The highest BCUT2D eigenvalue weighted by Gasteiger charge is 2.17. The number of nitrogens with one attached hydrogen (secondary N) is 2. The molecule has 0 aliphatic carbocycles. The van der Waals surface area contributed by atoms with E-state index in [1.807, 2.05) is 6.92 Å². The highest BCUT2D eigenvalue weighted by atomic mass is 32.1. The minimum Gasteiger partial charge on any atom is -0.376 e. The van der Waals surface area contributed by atoms with Crippen molar-refractivity contribution in [3.05, 3.63) is 38.9 Å². The van der Waals surface area contributed by atoms with Crippen molar-refractivity contribution >= 4 is 29.0 Å². The van der Waals surface area contributed by atoms with E-state index in [0.717, 1.165) is 19.4 Å². The molecule has 2 heterocycles. The molecule has 1 amide bonds. The average Bonchev–Trinajstić information content (AvgIpc) is 3.06. The Hall–Kier alpha value is -1.99. The Morgan fingerprint density at radius 3 is 3.04 bits per heavy atom. The summed E-state index contributed by atoms with van der Waals surface area (Å²) in [5.74, 6) is -0.179. The summed E-state index contributed by atoms with van der Waals surface area (Å²) in [5.41, 5.74) is 0.932. The minimum atomic E-state index is -0.179. The van der Waals surface area contributed by atoms with E-state index in [1.165, 1.54) is 4.57 Å². The van der Waals surface area contributed by atoms with Crippen LogP contribution >= 0.6 is 12.2 Å². The lowest BCUT2D eigenvalue weighted by molar-refractivity contribution is 0.0858. The molecule has 7 heteroatoms. The molecule has 0 bridgehead atoms. The SMILES string of the molecule is CCn1c(=S)[nH]c2cc(C(=O)NC[C@H]3CCCO3)ccc2c1=O. The van der Waals surface area contributed by atoms with Crippen LogP contribution in [0.2, 0.25) is 0 Å². The topological polar surface area (TPSA) is 76.1 Å². The molecule has 1 fully saturated rings. The predicted molar refractivity (Wildman–Crippen MR) is 90.4 cm³/mol. The van der Waals surface area contributed by atoms with Crippen molar-refractivity contribution in [1.82, 2.24) is 14.9 Å². The Balaban J connectivity index is 1.86. The number of rotatable bonds is 4. The Morgan fingerprint density at radius 1 is 1.52 bits per heavy atom. The van der Waals surface area contributed by atoms with Crippen LogP contribution in [0.4, 0.5) is 0 Å². The number of ether oxygens (including phenoxy) is 1. The molecule has 0 saturated carbocycles. The normalized spacial score (nSPS) is 17.5. The number of aromatic amines is 1. The van der Waals surface area contributed by atoms with E-state index in [-0.39, 0.29) is 17.6 Å². The maximum absolute atomic E-state index is 12.3. The van der Waals surface area contributed by atoms with Gasteiger partial charge in [0.2, 0.25) is 0 Å². The van der Waals surface area contributed by atoms with Crippen LogP contribution in [0.25, 0.3) is 10.9 Å².